The zero-order valence-electron chi connectivity index (χ0n) is 11.2. The third-order valence-electron chi connectivity index (χ3n) is 2.97. The van der Waals surface area contributed by atoms with Gasteiger partial charge in [-0.15, -0.1) is 0 Å². The Morgan fingerprint density at radius 2 is 2.06 bits per heavy atom. The average molecular weight is 274 g/mol. The average Bonchev–Trinajstić information content (AvgIpc) is 2.77. The first-order valence-electron chi connectivity index (χ1n) is 6.20. The van der Waals surface area contributed by atoms with Crippen molar-refractivity contribution in [2.24, 2.45) is 5.73 Å². The van der Waals surface area contributed by atoms with E-state index in [4.69, 9.17) is 5.73 Å². The minimum atomic E-state index is -3.53. The zero-order chi connectivity index (χ0) is 13.8. The molecule has 0 amide bonds. The summed E-state index contributed by atoms with van der Waals surface area (Å²) in [6.07, 6.45) is 2.89. The molecule has 1 aromatic heterocycles. The maximum absolute atomic E-state index is 12.5. The fraction of sp³-hybridized carbons (Fsp3) is 0.727. The van der Waals surface area contributed by atoms with Gasteiger partial charge in [-0.3, -0.25) is 0 Å². The van der Waals surface area contributed by atoms with Gasteiger partial charge in [0.2, 0.25) is 0 Å². The molecule has 0 aromatic carbocycles. The van der Waals surface area contributed by atoms with Crippen LogP contribution in [0.25, 0.3) is 0 Å². The van der Waals surface area contributed by atoms with Crippen molar-refractivity contribution >= 4 is 10.0 Å². The summed E-state index contributed by atoms with van der Waals surface area (Å²) in [5.74, 6) is 0.589. The number of nitrogens with two attached hydrogens (primary N) is 1. The van der Waals surface area contributed by atoms with Crippen molar-refractivity contribution in [3.05, 3.63) is 12.0 Å². The monoisotopic (exact) mass is 274 g/mol. The van der Waals surface area contributed by atoms with E-state index in [9.17, 15) is 8.42 Å². The van der Waals surface area contributed by atoms with Crippen LogP contribution in [0.2, 0.25) is 0 Å². The fourth-order valence-electron chi connectivity index (χ4n) is 1.98. The number of hydrogen-bond acceptors (Lipinski definition) is 4. The van der Waals surface area contributed by atoms with Gasteiger partial charge in [-0.2, -0.15) is 4.31 Å². The molecule has 0 saturated heterocycles. The molecule has 0 atom stereocenters. The van der Waals surface area contributed by atoms with E-state index in [2.05, 4.69) is 9.97 Å². The number of hydrogen-bond donors (Lipinski definition) is 2. The van der Waals surface area contributed by atoms with E-state index in [0.29, 0.717) is 18.9 Å². The second kappa shape index (κ2) is 6.31. The normalized spacial score (nSPS) is 12.6. The highest BCUT2D eigenvalue weighted by Gasteiger charge is 2.30. The lowest BCUT2D eigenvalue weighted by Crippen LogP contribution is -2.42. The molecule has 18 heavy (non-hydrogen) atoms. The first-order valence-corrected chi connectivity index (χ1v) is 7.64. The summed E-state index contributed by atoms with van der Waals surface area (Å²) in [6.45, 7) is 6.32. The van der Waals surface area contributed by atoms with Crippen molar-refractivity contribution in [2.75, 3.05) is 13.1 Å². The van der Waals surface area contributed by atoms with Crippen LogP contribution in [0, 0.1) is 6.92 Å². The standard InChI is InChI=1S/C11H22N4O2S/c1-4-10(5-2)15(7-6-12)18(16,17)11-8-13-9(3)14-11/h8,10H,4-7,12H2,1-3H3,(H,13,14). The van der Waals surface area contributed by atoms with Gasteiger partial charge in [0.15, 0.2) is 5.03 Å². The van der Waals surface area contributed by atoms with E-state index in [1.165, 1.54) is 10.5 Å². The van der Waals surface area contributed by atoms with Crippen molar-refractivity contribution < 1.29 is 8.42 Å². The summed E-state index contributed by atoms with van der Waals surface area (Å²) in [5.41, 5.74) is 5.52. The molecule has 1 heterocycles. The van der Waals surface area contributed by atoms with Crippen molar-refractivity contribution in [2.45, 2.75) is 44.7 Å². The second-order valence-electron chi connectivity index (χ2n) is 4.21. The molecule has 0 bridgehead atoms. The lowest BCUT2D eigenvalue weighted by molar-refractivity contribution is 0.308. The van der Waals surface area contributed by atoms with Crippen molar-refractivity contribution in [1.29, 1.82) is 0 Å². The van der Waals surface area contributed by atoms with Crippen LogP contribution >= 0.6 is 0 Å². The molecule has 0 spiro atoms. The molecule has 1 rings (SSSR count). The van der Waals surface area contributed by atoms with Crippen LogP contribution in [0.3, 0.4) is 0 Å². The Balaban J connectivity index is 3.11. The quantitative estimate of drug-likeness (QED) is 0.771. The van der Waals surface area contributed by atoms with E-state index in [-0.39, 0.29) is 11.1 Å². The first kappa shape index (κ1) is 15.1. The maximum atomic E-state index is 12.5. The minimum Gasteiger partial charge on any atom is -0.332 e. The van der Waals surface area contributed by atoms with Gasteiger partial charge in [0.25, 0.3) is 10.0 Å². The first-order chi connectivity index (χ1) is 8.47. The number of aromatic amines is 1. The summed E-state index contributed by atoms with van der Waals surface area (Å²) >= 11 is 0. The fourth-order valence-corrected chi connectivity index (χ4v) is 3.73. The van der Waals surface area contributed by atoms with Crippen molar-refractivity contribution in [1.82, 2.24) is 14.3 Å². The highest BCUT2D eigenvalue weighted by atomic mass is 32.2. The van der Waals surface area contributed by atoms with Crippen molar-refractivity contribution in [3.63, 3.8) is 0 Å². The van der Waals surface area contributed by atoms with Crippen LogP contribution in [0.1, 0.15) is 32.5 Å². The smallest absolute Gasteiger partial charge is 0.260 e. The molecule has 3 N–H and O–H groups in total. The lowest BCUT2D eigenvalue weighted by atomic mass is 10.2. The Bertz CT molecular complexity index is 465. The summed E-state index contributed by atoms with van der Waals surface area (Å²) in [7, 11) is -3.53. The Kier molecular flexibility index (Phi) is 5.30. The summed E-state index contributed by atoms with van der Waals surface area (Å²) < 4.78 is 26.5. The maximum Gasteiger partial charge on any atom is 0.260 e. The van der Waals surface area contributed by atoms with Gasteiger partial charge >= 0.3 is 0 Å². The van der Waals surface area contributed by atoms with Gasteiger partial charge in [0.05, 0.1) is 6.20 Å². The Labute approximate surface area is 109 Å². The Morgan fingerprint density at radius 1 is 1.44 bits per heavy atom. The minimum absolute atomic E-state index is 0.0258. The Morgan fingerprint density at radius 3 is 2.44 bits per heavy atom. The summed E-state index contributed by atoms with van der Waals surface area (Å²) in [5, 5.41) is 0.139. The molecule has 1 aromatic rings. The number of nitrogens with one attached hydrogen (secondary N) is 1. The van der Waals surface area contributed by atoms with E-state index >= 15 is 0 Å². The van der Waals surface area contributed by atoms with Crippen LogP contribution in [0.15, 0.2) is 11.2 Å². The molecular formula is C11H22N4O2S. The van der Waals surface area contributed by atoms with Crippen LogP contribution < -0.4 is 5.73 Å². The van der Waals surface area contributed by atoms with E-state index in [1.807, 2.05) is 13.8 Å². The number of sulfonamides is 1. The van der Waals surface area contributed by atoms with Gasteiger partial charge in [-0.05, 0) is 19.8 Å². The van der Waals surface area contributed by atoms with Crippen LogP contribution in [0.5, 0.6) is 0 Å². The molecule has 7 heteroatoms. The third kappa shape index (κ3) is 3.09. The molecule has 0 unspecified atom stereocenters. The molecule has 0 fully saturated rings. The molecular weight excluding hydrogens is 252 g/mol. The van der Waals surface area contributed by atoms with Gasteiger partial charge < -0.3 is 10.7 Å². The highest BCUT2D eigenvalue weighted by molar-refractivity contribution is 7.89. The van der Waals surface area contributed by atoms with Crippen LogP contribution in [-0.4, -0.2) is 41.8 Å². The second-order valence-corrected chi connectivity index (χ2v) is 6.07. The molecule has 0 aliphatic heterocycles. The topological polar surface area (TPSA) is 92.1 Å². The van der Waals surface area contributed by atoms with E-state index in [1.54, 1.807) is 6.92 Å². The predicted octanol–water partition coefficient (Wildman–Crippen LogP) is 0.856. The van der Waals surface area contributed by atoms with Crippen LogP contribution in [0.4, 0.5) is 0 Å². The van der Waals surface area contributed by atoms with Crippen molar-refractivity contribution in [3.8, 4) is 0 Å². The molecule has 0 aliphatic carbocycles. The number of imidazole rings is 1. The summed E-state index contributed by atoms with van der Waals surface area (Å²) in [6, 6.07) is -0.0258. The number of aryl methyl sites for hydroxylation is 1. The largest absolute Gasteiger partial charge is 0.332 e. The number of H-pyrrole nitrogens is 1. The van der Waals surface area contributed by atoms with Gasteiger partial charge in [-0.1, -0.05) is 13.8 Å². The lowest BCUT2D eigenvalue weighted by Gasteiger charge is -2.28. The Hall–Kier alpha value is -0.920. The van der Waals surface area contributed by atoms with E-state index < -0.39 is 10.0 Å². The third-order valence-corrected chi connectivity index (χ3v) is 4.83. The molecule has 104 valence electrons. The van der Waals surface area contributed by atoms with Gasteiger partial charge in [-0.25, -0.2) is 13.4 Å². The SMILES string of the molecule is CCC(CC)N(CCN)S(=O)(=O)c1cnc(C)[nH]1. The van der Waals surface area contributed by atoms with Gasteiger partial charge in [0.1, 0.15) is 5.82 Å². The molecule has 0 aliphatic rings. The number of aromatic nitrogens is 2. The number of rotatable bonds is 7. The highest BCUT2D eigenvalue weighted by Crippen LogP contribution is 2.19. The number of nitrogens with zero attached hydrogens (tertiary/aromatic N) is 2. The molecule has 6 nitrogen and oxygen atoms in total. The summed E-state index contributed by atoms with van der Waals surface area (Å²) in [4.78, 5) is 6.72. The molecule has 0 radical (unpaired) electrons. The van der Waals surface area contributed by atoms with Gasteiger partial charge in [0, 0.05) is 19.1 Å². The zero-order valence-corrected chi connectivity index (χ0v) is 12.0. The molecule has 0 saturated carbocycles. The van der Waals surface area contributed by atoms with E-state index in [0.717, 1.165) is 12.8 Å². The predicted molar refractivity (Wildman–Crippen MR) is 70.6 cm³/mol. The van der Waals surface area contributed by atoms with Crippen LogP contribution in [-0.2, 0) is 10.0 Å².